The third-order valence-electron chi connectivity index (χ3n) is 5.93. The lowest BCUT2D eigenvalue weighted by atomic mass is 10.1. The van der Waals surface area contributed by atoms with Crippen molar-refractivity contribution in [1.29, 1.82) is 0 Å². The summed E-state index contributed by atoms with van der Waals surface area (Å²) < 4.78 is 43.0. The van der Waals surface area contributed by atoms with Crippen LogP contribution >= 0.6 is 15.9 Å². The molecule has 1 N–H and O–H groups in total. The molecule has 10 heteroatoms. The van der Waals surface area contributed by atoms with Gasteiger partial charge in [0.25, 0.3) is 10.0 Å². The van der Waals surface area contributed by atoms with Crippen LogP contribution in [0.25, 0.3) is 0 Å². The van der Waals surface area contributed by atoms with Crippen molar-refractivity contribution in [1.82, 2.24) is 10.2 Å². The molecule has 1 atom stereocenters. The molecule has 0 fully saturated rings. The van der Waals surface area contributed by atoms with Gasteiger partial charge < -0.3 is 10.2 Å². The number of nitrogens with zero attached hydrogens (tertiary/aromatic N) is 2. The van der Waals surface area contributed by atoms with E-state index in [0.29, 0.717) is 0 Å². The van der Waals surface area contributed by atoms with E-state index in [2.05, 4.69) is 21.2 Å². The number of amides is 2. The number of hydrogen-bond acceptors (Lipinski definition) is 4. The molecule has 0 aromatic heterocycles. The first-order valence-electron chi connectivity index (χ1n) is 12.4. The van der Waals surface area contributed by atoms with Crippen LogP contribution in [0.3, 0.4) is 0 Å². The summed E-state index contributed by atoms with van der Waals surface area (Å²) in [6.45, 7) is 8.43. The van der Waals surface area contributed by atoms with Crippen LogP contribution in [0.2, 0.25) is 0 Å². The molecule has 0 aliphatic carbocycles. The highest BCUT2D eigenvalue weighted by atomic mass is 79.9. The summed E-state index contributed by atoms with van der Waals surface area (Å²) in [5.74, 6) is -1.50. The highest BCUT2D eigenvalue weighted by Gasteiger charge is 2.33. The lowest BCUT2D eigenvalue weighted by Gasteiger charge is -2.33. The van der Waals surface area contributed by atoms with Crippen molar-refractivity contribution < 1.29 is 22.4 Å². The summed E-state index contributed by atoms with van der Waals surface area (Å²) in [7, 11) is -4.21. The molecule has 1 unspecified atom stereocenters. The van der Waals surface area contributed by atoms with Crippen LogP contribution in [-0.2, 0) is 26.2 Å². The molecule has 0 saturated heterocycles. The number of halogens is 2. The predicted molar refractivity (Wildman–Crippen MR) is 154 cm³/mol. The van der Waals surface area contributed by atoms with Crippen LogP contribution in [0.15, 0.2) is 82.2 Å². The monoisotopic (exact) mass is 617 g/mol. The van der Waals surface area contributed by atoms with E-state index in [-0.39, 0.29) is 23.0 Å². The molecule has 0 aliphatic heterocycles. The third-order valence-corrected chi connectivity index (χ3v) is 8.25. The molecule has 0 saturated carbocycles. The maximum atomic E-state index is 13.9. The molecule has 208 valence electrons. The van der Waals surface area contributed by atoms with Crippen LogP contribution in [0, 0.1) is 12.7 Å². The second kappa shape index (κ2) is 12.3. The normalized spacial score (nSPS) is 12.5. The van der Waals surface area contributed by atoms with E-state index in [1.807, 2.05) is 52.0 Å². The number of rotatable bonds is 9. The average molecular weight is 619 g/mol. The molecule has 3 rings (SSSR count). The Labute approximate surface area is 238 Å². The Morgan fingerprint density at radius 1 is 0.949 bits per heavy atom. The van der Waals surface area contributed by atoms with E-state index in [4.69, 9.17) is 0 Å². The minimum Gasteiger partial charge on any atom is -0.350 e. The van der Waals surface area contributed by atoms with Gasteiger partial charge in [0, 0.05) is 16.6 Å². The van der Waals surface area contributed by atoms with Crippen LogP contribution in [0.5, 0.6) is 0 Å². The number of anilines is 1. The Hall–Kier alpha value is -3.24. The first kappa shape index (κ1) is 30.3. The number of nitrogens with one attached hydrogen (secondary N) is 1. The molecule has 7 nitrogen and oxygen atoms in total. The second-order valence-corrected chi connectivity index (χ2v) is 13.1. The van der Waals surface area contributed by atoms with E-state index in [1.165, 1.54) is 29.2 Å². The number of carbonyl (C=O) groups excluding carboxylic acids is 2. The zero-order chi connectivity index (χ0) is 29.0. The number of benzene rings is 3. The van der Waals surface area contributed by atoms with E-state index >= 15 is 0 Å². The Balaban J connectivity index is 2.02. The fourth-order valence-corrected chi connectivity index (χ4v) is 5.50. The predicted octanol–water partition coefficient (Wildman–Crippen LogP) is 5.42. The Kier molecular flexibility index (Phi) is 9.55. The smallest absolute Gasteiger partial charge is 0.264 e. The fraction of sp³-hybridized carbons (Fsp3) is 0.310. The minimum absolute atomic E-state index is 0.0109. The second-order valence-electron chi connectivity index (χ2n) is 10.4. The van der Waals surface area contributed by atoms with Gasteiger partial charge in [0.05, 0.1) is 10.6 Å². The van der Waals surface area contributed by atoms with E-state index < -0.39 is 39.9 Å². The first-order chi connectivity index (χ1) is 18.2. The molecular formula is C29H33BrFN3O4S. The Morgan fingerprint density at radius 2 is 1.51 bits per heavy atom. The zero-order valence-corrected chi connectivity index (χ0v) is 25.0. The third kappa shape index (κ3) is 8.12. The maximum Gasteiger partial charge on any atom is 0.264 e. The van der Waals surface area contributed by atoms with Crippen molar-refractivity contribution in [2.45, 2.75) is 57.6 Å². The van der Waals surface area contributed by atoms with Crippen LogP contribution in [0.1, 0.15) is 38.8 Å². The lowest BCUT2D eigenvalue weighted by Crippen LogP contribution is -2.54. The quantitative estimate of drug-likeness (QED) is 0.347. The van der Waals surface area contributed by atoms with Gasteiger partial charge in [-0.2, -0.15) is 0 Å². The molecule has 0 aliphatic rings. The first-order valence-corrected chi connectivity index (χ1v) is 14.6. The standard InChI is InChI=1S/C29H33BrFN3O4S/c1-20-6-16-26(17-7-20)39(37,38)34(25-14-12-24(31)13-15-25)19-27(35)33(18-22-8-10-23(30)11-9-22)21(2)28(36)32-29(3,4)5/h6-17,21H,18-19H2,1-5H3,(H,32,36). The largest absolute Gasteiger partial charge is 0.350 e. The van der Waals surface area contributed by atoms with E-state index in [9.17, 15) is 22.4 Å². The fourth-order valence-electron chi connectivity index (χ4n) is 3.82. The summed E-state index contributed by atoms with van der Waals surface area (Å²) in [6.07, 6.45) is 0. The number of carbonyl (C=O) groups is 2. The molecule has 3 aromatic rings. The lowest BCUT2D eigenvalue weighted by molar-refractivity contribution is -0.140. The molecule has 2 amide bonds. The average Bonchev–Trinajstić information content (AvgIpc) is 2.86. The SMILES string of the molecule is Cc1ccc(S(=O)(=O)N(CC(=O)N(Cc2ccc(Br)cc2)C(C)C(=O)NC(C)(C)C)c2ccc(F)cc2)cc1. The molecule has 3 aromatic carbocycles. The van der Waals surface area contributed by atoms with E-state index in [0.717, 1.165) is 32.0 Å². The summed E-state index contributed by atoms with van der Waals surface area (Å²) in [4.78, 5) is 28.3. The molecule has 0 bridgehead atoms. The van der Waals surface area contributed by atoms with Gasteiger partial charge in [0.1, 0.15) is 18.4 Å². The van der Waals surface area contributed by atoms with Gasteiger partial charge in [0.2, 0.25) is 11.8 Å². The van der Waals surface area contributed by atoms with Crippen LogP contribution in [-0.4, -0.2) is 43.3 Å². The van der Waals surface area contributed by atoms with Crippen molar-refractivity contribution in [3.63, 3.8) is 0 Å². The van der Waals surface area contributed by atoms with Gasteiger partial charge >= 0.3 is 0 Å². The maximum absolute atomic E-state index is 13.9. The molecule has 0 radical (unpaired) electrons. The van der Waals surface area contributed by atoms with Gasteiger partial charge in [-0.25, -0.2) is 12.8 Å². The van der Waals surface area contributed by atoms with Gasteiger partial charge in [-0.1, -0.05) is 45.8 Å². The summed E-state index contributed by atoms with van der Waals surface area (Å²) >= 11 is 3.39. The highest BCUT2D eigenvalue weighted by molar-refractivity contribution is 9.10. The molecule has 39 heavy (non-hydrogen) atoms. The van der Waals surface area contributed by atoms with Crippen molar-refractivity contribution in [3.8, 4) is 0 Å². The highest BCUT2D eigenvalue weighted by Crippen LogP contribution is 2.25. The number of aryl methyl sites for hydroxylation is 1. The van der Waals surface area contributed by atoms with Crippen molar-refractivity contribution >= 4 is 43.5 Å². The summed E-state index contributed by atoms with van der Waals surface area (Å²) in [5.41, 5.74) is 1.22. The molecule has 0 spiro atoms. The Bertz CT molecular complexity index is 1400. The van der Waals surface area contributed by atoms with Crippen molar-refractivity contribution in [2.75, 3.05) is 10.8 Å². The summed E-state index contributed by atoms with van der Waals surface area (Å²) in [6, 6.07) is 17.5. The Morgan fingerprint density at radius 3 is 2.05 bits per heavy atom. The van der Waals surface area contributed by atoms with Gasteiger partial charge in [-0.15, -0.1) is 0 Å². The number of hydrogen-bond donors (Lipinski definition) is 1. The summed E-state index contributed by atoms with van der Waals surface area (Å²) in [5, 5.41) is 2.89. The molecule has 0 heterocycles. The number of sulfonamides is 1. The van der Waals surface area contributed by atoms with Gasteiger partial charge in [-0.05, 0) is 88.7 Å². The van der Waals surface area contributed by atoms with Gasteiger partial charge in [-0.3, -0.25) is 13.9 Å². The molecular weight excluding hydrogens is 585 g/mol. The zero-order valence-electron chi connectivity index (χ0n) is 22.6. The van der Waals surface area contributed by atoms with Crippen LogP contribution < -0.4 is 9.62 Å². The van der Waals surface area contributed by atoms with E-state index in [1.54, 1.807) is 19.1 Å². The minimum atomic E-state index is -4.21. The van der Waals surface area contributed by atoms with Crippen molar-refractivity contribution in [2.24, 2.45) is 0 Å². The van der Waals surface area contributed by atoms with Gasteiger partial charge in [0.15, 0.2) is 0 Å². The topological polar surface area (TPSA) is 86.8 Å². The van der Waals surface area contributed by atoms with Crippen molar-refractivity contribution in [3.05, 3.63) is 94.2 Å². The van der Waals surface area contributed by atoms with Crippen LogP contribution in [0.4, 0.5) is 10.1 Å².